The van der Waals surface area contributed by atoms with Gasteiger partial charge in [0.15, 0.2) is 11.5 Å². The summed E-state index contributed by atoms with van der Waals surface area (Å²) in [7, 11) is 6.48. The second-order valence-electron chi connectivity index (χ2n) is 5.05. The van der Waals surface area contributed by atoms with Gasteiger partial charge in [0.1, 0.15) is 5.75 Å². The minimum absolute atomic E-state index is 0.0668. The van der Waals surface area contributed by atoms with Crippen LogP contribution in [-0.2, 0) is 0 Å². The normalized spacial score (nSPS) is 11.5. The van der Waals surface area contributed by atoms with Crippen molar-refractivity contribution in [1.82, 2.24) is 0 Å². The van der Waals surface area contributed by atoms with Gasteiger partial charge in [0.25, 0.3) is 0 Å². The SMILES string of the molecule is COc1ccc(N[C@@H](C)c2cc(OC)c(OC)c(OC)c2)cc1. The van der Waals surface area contributed by atoms with Crippen LogP contribution in [0.2, 0.25) is 0 Å². The summed E-state index contributed by atoms with van der Waals surface area (Å²) in [5, 5.41) is 3.44. The van der Waals surface area contributed by atoms with Crippen LogP contribution in [0.15, 0.2) is 36.4 Å². The van der Waals surface area contributed by atoms with Crippen molar-refractivity contribution >= 4 is 5.69 Å². The average molecular weight is 317 g/mol. The highest BCUT2D eigenvalue weighted by atomic mass is 16.5. The molecule has 0 amide bonds. The molecule has 0 aliphatic carbocycles. The zero-order valence-corrected chi connectivity index (χ0v) is 14.2. The molecular weight excluding hydrogens is 294 g/mol. The third kappa shape index (κ3) is 3.80. The van der Waals surface area contributed by atoms with Gasteiger partial charge < -0.3 is 24.3 Å². The van der Waals surface area contributed by atoms with Crippen LogP contribution in [0.25, 0.3) is 0 Å². The maximum atomic E-state index is 5.40. The quantitative estimate of drug-likeness (QED) is 0.839. The van der Waals surface area contributed by atoms with Crippen LogP contribution < -0.4 is 24.3 Å². The van der Waals surface area contributed by atoms with Crippen molar-refractivity contribution in [3.05, 3.63) is 42.0 Å². The molecule has 23 heavy (non-hydrogen) atoms. The van der Waals surface area contributed by atoms with Crippen LogP contribution in [0.3, 0.4) is 0 Å². The van der Waals surface area contributed by atoms with Gasteiger partial charge in [-0.1, -0.05) is 0 Å². The maximum Gasteiger partial charge on any atom is 0.203 e. The number of hydrogen-bond donors (Lipinski definition) is 1. The molecule has 1 N–H and O–H groups in total. The fourth-order valence-corrected chi connectivity index (χ4v) is 2.37. The van der Waals surface area contributed by atoms with E-state index < -0.39 is 0 Å². The largest absolute Gasteiger partial charge is 0.497 e. The van der Waals surface area contributed by atoms with E-state index in [2.05, 4.69) is 12.2 Å². The fourth-order valence-electron chi connectivity index (χ4n) is 2.37. The van der Waals surface area contributed by atoms with E-state index in [1.54, 1.807) is 28.4 Å². The highest BCUT2D eigenvalue weighted by Crippen LogP contribution is 2.40. The van der Waals surface area contributed by atoms with Gasteiger partial charge in [-0.25, -0.2) is 0 Å². The van der Waals surface area contributed by atoms with Crippen LogP contribution in [0.5, 0.6) is 23.0 Å². The Bertz CT molecular complexity index is 615. The minimum Gasteiger partial charge on any atom is -0.497 e. The molecule has 0 saturated carbocycles. The van der Waals surface area contributed by atoms with Gasteiger partial charge in [0, 0.05) is 11.7 Å². The Morgan fingerprint density at radius 3 is 1.78 bits per heavy atom. The van der Waals surface area contributed by atoms with Gasteiger partial charge in [-0.2, -0.15) is 0 Å². The first kappa shape index (κ1) is 16.8. The molecule has 0 fully saturated rings. The van der Waals surface area contributed by atoms with Crippen molar-refractivity contribution in [3.8, 4) is 23.0 Å². The number of methoxy groups -OCH3 is 4. The van der Waals surface area contributed by atoms with Crippen molar-refractivity contribution < 1.29 is 18.9 Å². The Morgan fingerprint density at radius 2 is 1.35 bits per heavy atom. The van der Waals surface area contributed by atoms with E-state index in [0.717, 1.165) is 17.0 Å². The number of ether oxygens (including phenoxy) is 4. The first-order valence-electron chi connectivity index (χ1n) is 7.33. The Labute approximate surface area is 137 Å². The second kappa shape index (κ2) is 7.63. The van der Waals surface area contributed by atoms with Gasteiger partial charge in [0.05, 0.1) is 28.4 Å². The summed E-state index contributed by atoms with van der Waals surface area (Å²) in [5.74, 6) is 2.71. The predicted octanol–water partition coefficient (Wildman–Crippen LogP) is 3.89. The van der Waals surface area contributed by atoms with E-state index in [0.29, 0.717) is 17.2 Å². The van der Waals surface area contributed by atoms with E-state index in [1.807, 2.05) is 36.4 Å². The molecule has 0 saturated heterocycles. The van der Waals surface area contributed by atoms with Crippen molar-refractivity contribution in [2.45, 2.75) is 13.0 Å². The third-order valence-electron chi connectivity index (χ3n) is 3.66. The van der Waals surface area contributed by atoms with Gasteiger partial charge in [-0.3, -0.25) is 0 Å². The number of nitrogens with one attached hydrogen (secondary N) is 1. The van der Waals surface area contributed by atoms with Crippen LogP contribution in [0, 0.1) is 0 Å². The van der Waals surface area contributed by atoms with Gasteiger partial charge in [0.2, 0.25) is 5.75 Å². The monoisotopic (exact) mass is 317 g/mol. The number of anilines is 1. The van der Waals surface area contributed by atoms with Crippen LogP contribution >= 0.6 is 0 Å². The van der Waals surface area contributed by atoms with E-state index in [1.165, 1.54) is 0 Å². The standard InChI is InChI=1S/C18H23NO4/c1-12(19-14-6-8-15(20-2)9-7-14)13-10-16(21-3)18(23-5)17(11-13)22-4/h6-12,19H,1-5H3/t12-/m0/s1. The molecule has 1 atom stereocenters. The van der Waals surface area contributed by atoms with Crippen LogP contribution in [0.4, 0.5) is 5.69 Å². The lowest BCUT2D eigenvalue weighted by Crippen LogP contribution is -2.07. The second-order valence-corrected chi connectivity index (χ2v) is 5.05. The Morgan fingerprint density at radius 1 is 0.783 bits per heavy atom. The van der Waals surface area contributed by atoms with Crippen LogP contribution in [-0.4, -0.2) is 28.4 Å². The predicted molar refractivity (Wildman–Crippen MR) is 91.1 cm³/mol. The summed E-state index contributed by atoms with van der Waals surface area (Å²) in [5.41, 5.74) is 2.04. The zero-order chi connectivity index (χ0) is 16.8. The lowest BCUT2D eigenvalue weighted by atomic mass is 10.1. The Kier molecular flexibility index (Phi) is 5.57. The van der Waals surface area contributed by atoms with E-state index in [9.17, 15) is 0 Å². The highest BCUT2D eigenvalue weighted by molar-refractivity contribution is 5.56. The van der Waals surface area contributed by atoms with E-state index in [4.69, 9.17) is 18.9 Å². The minimum atomic E-state index is 0.0668. The highest BCUT2D eigenvalue weighted by Gasteiger charge is 2.16. The maximum absolute atomic E-state index is 5.40. The van der Waals surface area contributed by atoms with Gasteiger partial charge in [-0.05, 0) is 48.9 Å². The number of rotatable bonds is 7. The molecule has 0 heterocycles. The van der Waals surface area contributed by atoms with Crippen molar-refractivity contribution in [1.29, 1.82) is 0 Å². The summed E-state index contributed by atoms with van der Waals surface area (Å²) in [4.78, 5) is 0. The summed E-state index contributed by atoms with van der Waals surface area (Å²) < 4.78 is 21.3. The Hall–Kier alpha value is -2.56. The van der Waals surface area contributed by atoms with Crippen LogP contribution in [0.1, 0.15) is 18.5 Å². The number of hydrogen-bond acceptors (Lipinski definition) is 5. The molecule has 0 unspecified atom stereocenters. The lowest BCUT2D eigenvalue weighted by Gasteiger charge is -2.19. The molecule has 0 radical (unpaired) electrons. The summed E-state index contributed by atoms with van der Waals surface area (Å²) in [6.07, 6.45) is 0. The summed E-state index contributed by atoms with van der Waals surface area (Å²) >= 11 is 0. The number of benzene rings is 2. The third-order valence-corrected chi connectivity index (χ3v) is 3.66. The lowest BCUT2D eigenvalue weighted by molar-refractivity contribution is 0.323. The average Bonchev–Trinajstić information content (AvgIpc) is 2.60. The van der Waals surface area contributed by atoms with Crippen molar-refractivity contribution in [2.24, 2.45) is 0 Å². The van der Waals surface area contributed by atoms with E-state index >= 15 is 0 Å². The first-order chi connectivity index (χ1) is 11.1. The van der Waals surface area contributed by atoms with Gasteiger partial charge >= 0.3 is 0 Å². The molecule has 124 valence electrons. The smallest absolute Gasteiger partial charge is 0.203 e. The van der Waals surface area contributed by atoms with Gasteiger partial charge in [-0.15, -0.1) is 0 Å². The molecule has 5 heteroatoms. The molecule has 5 nitrogen and oxygen atoms in total. The molecule has 2 aromatic carbocycles. The summed E-state index contributed by atoms with van der Waals surface area (Å²) in [6, 6.07) is 11.8. The molecule has 0 bridgehead atoms. The van der Waals surface area contributed by atoms with E-state index in [-0.39, 0.29) is 6.04 Å². The Balaban J connectivity index is 2.25. The topological polar surface area (TPSA) is 49.0 Å². The van der Waals surface area contributed by atoms with Crippen molar-refractivity contribution in [3.63, 3.8) is 0 Å². The molecule has 2 aromatic rings. The molecule has 0 aliphatic rings. The first-order valence-corrected chi connectivity index (χ1v) is 7.33. The molecular formula is C18H23NO4. The molecule has 0 spiro atoms. The fraction of sp³-hybridized carbons (Fsp3) is 0.333. The summed E-state index contributed by atoms with van der Waals surface area (Å²) in [6.45, 7) is 2.07. The molecule has 0 aromatic heterocycles. The molecule has 0 aliphatic heterocycles. The van der Waals surface area contributed by atoms with Crippen molar-refractivity contribution in [2.75, 3.05) is 33.8 Å². The zero-order valence-electron chi connectivity index (χ0n) is 14.2. The molecule has 2 rings (SSSR count).